The summed E-state index contributed by atoms with van der Waals surface area (Å²) in [6.45, 7) is 13.4. The number of fused-ring (bicyclic) bond motifs is 3. The van der Waals surface area contributed by atoms with E-state index >= 15 is 0 Å². The van der Waals surface area contributed by atoms with Crippen molar-refractivity contribution >= 4 is 22.9 Å². The number of benzene rings is 3. The molecule has 6 nitrogen and oxygen atoms in total. The van der Waals surface area contributed by atoms with Crippen LogP contribution in [0.2, 0.25) is 0 Å². The molecular weight excluding hydrogens is 661 g/mol. The number of rotatable bonds is 13. The number of aryl methyl sites for hydroxylation is 2. The summed E-state index contributed by atoms with van der Waals surface area (Å²) in [5.41, 5.74) is 4.80. The number of hydrogen-bond donors (Lipinski definition) is 0. The Morgan fingerprint density at radius 3 is 2.32 bits per heavy atom. The molecule has 1 aliphatic heterocycles. The summed E-state index contributed by atoms with van der Waals surface area (Å²) >= 11 is 0. The van der Waals surface area contributed by atoms with E-state index in [-0.39, 0.29) is 25.2 Å². The van der Waals surface area contributed by atoms with E-state index in [9.17, 15) is 9.59 Å². The van der Waals surface area contributed by atoms with Crippen LogP contribution in [0, 0.1) is 41.9 Å². The first kappa shape index (κ1) is 38.1. The molecule has 0 saturated carbocycles. The van der Waals surface area contributed by atoms with Gasteiger partial charge in [-0.05, 0) is 99.6 Å². The second-order valence-corrected chi connectivity index (χ2v) is 16.5. The highest BCUT2D eigenvalue weighted by molar-refractivity contribution is 5.91. The van der Waals surface area contributed by atoms with Gasteiger partial charge in [0.1, 0.15) is 18.0 Å². The summed E-state index contributed by atoms with van der Waals surface area (Å²) in [6.07, 6.45) is 7.15. The zero-order chi connectivity index (χ0) is 37.6. The van der Waals surface area contributed by atoms with Crippen LogP contribution in [0.4, 0.5) is 0 Å². The molecule has 53 heavy (non-hydrogen) atoms. The highest BCUT2D eigenvalue weighted by Crippen LogP contribution is 2.42. The molecule has 278 valence electrons. The first-order valence-corrected chi connectivity index (χ1v) is 19.2. The van der Waals surface area contributed by atoms with Crippen LogP contribution in [-0.2, 0) is 43.2 Å². The van der Waals surface area contributed by atoms with Crippen LogP contribution < -0.4 is 0 Å². The Morgan fingerprint density at radius 1 is 0.906 bits per heavy atom. The van der Waals surface area contributed by atoms with Gasteiger partial charge in [-0.25, -0.2) is 4.79 Å². The summed E-state index contributed by atoms with van der Waals surface area (Å²) in [4.78, 5) is 27.3. The molecule has 2 heterocycles. The van der Waals surface area contributed by atoms with Crippen molar-refractivity contribution in [2.24, 2.45) is 23.2 Å². The molecule has 3 aromatic carbocycles. The number of carbonyl (C=O) groups excluding carboxylic acids is 2. The summed E-state index contributed by atoms with van der Waals surface area (Å²) in [5, 5.41) is 1.04. The fraction of sp³-hybridized carbons (Fsp3) is 0.447. The minimum absolute atomic E-state index is 0.0727. The van der Waals surface area contributed by atoms with Crippen LogP contribution in [0.3, 0.4) is 0 Å². The van der Waals surface area contributed by atoms with Gasteiger partial charge in [-0.2, -0.15) is 0 Å². The lowest BCUT2D eigenvalue weighted by atomic mass is 9.75. The maximum atomic E-state index is 13.9. The van der Waals surface area contributed by atoms with Crippen LogP contribution in [0.5, 0.6) is 0 Å². The van der Waals surface area contributed by atoms with Gasteiger partial charge in [-0.1, -0.05) is 93.6 Å². The number of ether oxygens (including phenoxy) is 3. The van der Waals surface area contributed by atoms with E-state index in [1.54, 1.807) is 0 Å². The minimum atomic E-state index is -1.09. The molecule has 2 aliphatic rings. The standard InChI is InChI=1S/C47H54O6/c1-32(2)24-38(25-33(3)4)18-20-39-27-47(53-44(39)48,30-50-29-37-10-8-7-9-11-37)31-51-45(49)46(6)23-22-40-41-26-36(19-21-42(41)52-43(40)28-46)17-16-35-14-12-34(5)13-15-35/h7-15,19-21,26,32-33,38H,18,22-25,27-31H2,1-6H3/b39-20+/t46?,47-/m1/s1. The van der Waals surface area contributed by atoms with E-state index < -0.39 is 11.0 Å². The lowest BCUT2D eigenvalue weighted by molar-refractivity contribution is -0.175. The van der Waals surface area contributed by atoms with Gasteiger partial charge in [0.05, 0.1) is 18.6 Å². The molecule has 0 bridgehead atoms. The van der Waals surface area contributed by atoms with Crippen molar-refractivity contribution in [2.45, 2.75) is 98.7 Å². The van der Waals surface area contributed by atoms with Gasteiger partial charge in [0.15, 0.2) is 5.60 Å². The number of esters is 2. The Balaban J connectivity index is 1.15. The normalized spacial score (nSPS) is 20.5. The lowest BCUT2D eigenvalue weighted by Gasteiger charge is -2.33. The third-order valence-corrected chi connectivity index (χ3v) is 10.6. The van der Waals surface area contributed by atoms with E-state index in [1.807, 2.05) is 61.5 Å². The highest BCUT2D eigenvalue weighted by Gasteiger charge is 2.47. The van der Waals surface area contributed by atoms with Gasteiger partial charge >= 0.3 is 11.9 Å². The second kappa shape index (κ2) is 16.6. The lowest BCUT2D eigenvalue weighted by Crippen LogP contribution is -2.43. The third kappa shape index (κ3) is 9.69. The number of hydrogen-bond acceptors (Lipinski definition) is 6. The molecular formula is C47H54O6. The van der Waals surface area contributed by atoms with E-state index in [0.717, 1.165) is 58.2 Å². The van der Waals surface area contributed by atoms with Crippen LogP contribution in [0.15, 0.2) is 88.9 Å². The molecule has 1 fully saturated rings. The molecule has 1 aliphatic carbocycles. The number of cyclic esters (lactones) is 1. The molecule has 0 amide bonds. The Bertz CT molecular complexity index is 1980. The van der Waals surface area contributed by atoms with Crippen LogP contribution in [0.25, 0.3) is 11.0 Å². The quantitative estimate of drug-likeness (QED) is 0.0780. The summed E-state index contributed by atoms with van der Waals surface area (Å²) < 4.78 is 24.7. The fourth-order valence-electron chi connectivity index (χ4n) is 7.80. The van der Waals surface area contributed by atoms with Crippen molar-refractivity contribution < 1.29 is 28.2 Å². The van der Waals surface area contributed by atoms with Crippen LogP contribution >= 0.6 is 0 Å². The largest absolute Gasteiger partial charge is 0.461 e. The molecule has 4 aromatic rings. The van der Waals surface area contributed by atoms with Crippen molar-refractivity contribution in [3.8, 4) is 11.8 Å². The smallest absolute Gasteiger partial charge is 0.334 e. The van der Waals surface area contributed by atoms with Gasteiger partial charge in [-0.3, -0.25) is 4.79 Å². The average molecular weight is 715 g/mol. The predicted molar refractivity (Wildman–Crippen MR) is 209 cm³/mol. The van der Waals surface area contributed by atoms with E-state index in [4.69, 9.17) is 18.6 Å². The second-order valence-electron chi connectivity index (χ2n) is 16.5. The minimum Gasteiger partial charge on any atom is -0.461 e. The number of allylic oxidation sites excluding steroid dienone is 1. The summed E-state index contributed by atoms with van der Waals surface area (Å²) in [7, 11) is 0. The van der Waals surface area contributed by atoms with Gasteiger partial charge in [-0.15, -0.1) is 0 Å². The molecule has 6 heteroatoms. The van der Waals surface area contributed by atoms with Gasteiger partial charge < -0.3 is 18.6 Å². The summed E-state index contributed by atoms with van der Waals surface area (Å²) in [5.74, 6) is 8.34. The van der Waals surface area contributed by atoms with Gasteiger partial charge in [0.25, 0.3) is 0 Å². The fourth-order valence-corrected chi connectivity index (χ4v) is 7.80. The summed E-state index contributed by atoms with van der Waals surface area (Å²) in [6, 6.07) is 24.1. The number of furan rings is 1. The zero-order valence-electron chi connectivity index (χ0n) is 32.3. The molecule has 1 aromatic heterocycles. The Labute approximate surface area is 315 Å². The molecule has 6 rings (SSSR count). The Morgan fingerprint density at radius 2 is 1.60 bits per heavy atom. The average Bonchev–Trinajstić information content (AvgIpc) is 3.64. The van der Waals surface area contributed by atoms with Crippen molar-refractivity contribution in [3.63, 3.8) is 0 Å². The Kier molecular flexibility index (Phi) is 11.9. The monoisotopic (exact) mass is 714 g/mol. The van der Waals surface area contributed by atoms with Crippen molar-refractivity contribution in [1.82, 2.24) is 0 Å². The first-order chi connectivity index (χ1) is 25.4. The zero-order valence-corrected chi connectivity index (χ0v) is 32.3. The molecule has 0 radical (unpaired) electrons. The van der Waals surface area contributed by atoms with Crippen LogP contribution in [0.1, 0.15) is 100 Å². The molecule has 2 atom stereocenters. The molecule has 0 spiro atoms. The number of carbonyl (C=O) groups is 2. The van der Waals surface area contributed by atoms with Crippen LogP contribution in [-0.4, -0.2) is 30.8 Å². The third-order valence-electron chi connectivity index (χ3n) is 10.6. The first-order valence-electron chi connectivity index (χ1n) is 19.2. The SMILES string of the molecule is Cc1ccc(C#Cc2ccc3oc4c(c3c2)CCC(C)(C(=O)OC[C@]2(COCc3ccccc3)C/C(=C\CC(CC(C)C)CC(C)C)C(=O)O2)C4)cc1. The maximum Gasteiger partial charge on any atom is 0.334 e. The van der Waals surface area contributed by atoms with Gasteiger partial charge in [0.2, 0.25) is 0 Å². The molecule has 0 N–H and O–H groups in total. The topological polar surface area (TPSA) is 75.0 Å². The van der Waals surface area contributed by atoms with E-state index in [0.29, 0.717) is 55.6 Å². The molecule has 1 unspecified atom stereocenters. The van der Waals surface area contributed by atoms with Crippen molar-refractivity contribution in [1.29, 1.82) is 0 Å². The van der Waals surface area contributed by atoms with E-state index in [2.05, 4.69) is 70.7 Å². The van der Waals surface area contributed by atoms with E-state index in [1.165, 1.54) is 5.56 Å². The van der Waals surface area contributed by atoms with Crippen molar-refractivity contribution in [2.75, 3.05) is 13.2 Å². The molecule has 1 saturated heterocycles. The van der Waals surface area contributed by atoms with Crippen molar-refractivity contribution in [3.05, 3.63) is 118 Å². The Hall–Kier alpha value is -4.60. The van der Waals surface area contributed by atoms with Gasteiger partial charge in [0, 0.05) is 40.5 Å². The predicted octanol–water partition coefficient (Wildman–Crippen LogP) is 10.1. The highest BCUT2D eigenvalue weighted by atomic mass is 16.6. The maximum absolute atomic E-state index is 13.9.